The molecule has 0 aliphatic heterocycles. The monoisotopic (exact) mass is 608 g/mol. The Morgan fingerprint density at radius 3 is 2.18 bits per heavy atom. The standard InChI is InChI=1S/C31H40N6O7/c1-3-17(2)27(30(42)36-25(31(43)44)15-19-16-34-23-7-5-4-6-21(19)23)37-29(41)24(14-18-8-10-20(38)11-9-18)35-28(40)22(32)12-13-26(33)39/h4-11,16-17,22,24-25,27,34,38H,3,12-15,32H2,1-2H3,(H2,33,39)(H,35,40)(H,36,42)(H,37,41)(H,43,44). The number of aromatic nitrogens is 1. The lowest BCUT2D eigenvalue weighted by Crippen LogP contribution is -2.59. The zero-order valence-electron chi connectivity index (χ0n) is 24.7. The van der Waals surface area contributed by atoms with Gasteiger partial charge < -0.3 is 42.6 Å². The van der Waals surface area contributed by atoms with E-state index in [1.165, 1.54) is 12.1 Å². The van der Waals surface area contributed by atoms with E-state index in [0.717, 1.165) is 10.9 Å². The molecule has 5 atom stereocenters. The summed E-state index contributed by atoms with van der Waals surface area (Å²) in [5.41, 5.74) is 13.2. The summed E-state index contributed by atoms with van der Waals surface area (Å²) >= 11 is 0. The van der Waals surface area contributed by atoms with E-state index in [-0.39, 0.29) is 31.4 Å². The van der Waals surface area contributed by atoms with Crippen molar-refractivity contribution in [2.45, 2.75) is 70.1 Å². The number of hydrogen-bond donors (Lipinski definition) is 8. The van der Waals surface area contributed by atoms with Crippen molar-refractivity contribution in [1.82, 2.24) is 20.9 Å². The molecule has 0 aliphatic rings. The van der Waals surface area contributed by atoms with Gasteiger partial charge in [0.1, 0.15) is 23.9 Å². The number of benzene rings is 2. The van der Waals surface area contributed by atoms with Gasteiger partial charge in [-0.05, 0) is 41.7 Å². The average molecular weight is 609 g/mol. The number of carbonyl (C=O) groups excluding carboxylic acids is 4. The molecular formula is C31H40N6O7. The number of primary amides is 1. The number of hydrogen-bond acceptors (Lipinski definition) is 7. The van der Waals surface area contributed by atoms with Gasteiger partial charge >= 0.3 is 5.97 Å². The van der Waals surface area contributed by atoms with Crippen LogP contribution in [0.4, 0.5) is 0 Å². The van der Waals surface area contributed by atoms with Crippen molar-refractivity contribution >= 4 is 40.5 Å². The van der Waals surface area contributed by atoms with Crippen molar-refractivity contribution in [3.05, 3.63) is 65.9 Å². The van der Waals surface area contributed by atoms with Gasteiger partial charge in [-0.2, -0.15) is 0 Å². The smallest absolute Gasteiger partial charge is 0.326 e. The predicted molar refractivity (Wildman–Crippen MR) is 163 cm³/mol. The van der Waals surface area contributed by atoms with Gasteiger partial charge in [0.2, 0.25) is 23.6 Å². The Labute approximate surface area is 254 Å². The van der Waals surface area contributed by atoms with Crippen LogP contribution in [0, 0.1) is 5.92 Å². The molecule has 4 amide bonds. The second kappa shape index (κ2) is 15.5. The third-order valence-electron chi connectivity index (χ3n) is 7.55. The lowest BCUT2D eigenvalue weighted by atomic mass is 9.96. The van der Waals surface area contributed by atoms with Crippen LogP contribution in [0.1, 0.15) is 44.2 Å². The minimum absolute atomic E-state index is 0.00640. The number of para-hydroxylation sites is 1. The van der Waals surface area contributed by atoms with Crippen LogP contribution in [0.25, 0.3) is 10.9 Å². The average Bonchev–Trinajstić information content (AvgIpc) is 3.40. The molecule has 0 saturated carbocycles. The quantitative estimate of drug-likeness (QED) is 0.116. The van der Waals surface area contributed by atoms with E-state index in [1.807, 2.05) is 31.2 Å². The van der Waals surface area contributed by atoms with Crippen molar-refractivity contribution in [1.29, 1.82) is 0 Å². The number of carboxylic acids is 1. The molecule has 13 nitrogen and oxygen atoms in total. The zero-order chi connectivity index (χ0) is 32.4. The molecule has 0 saturated heterocycles. The number of rotatable bonds is 16. The number of aliphatic carboxylic acids is 1. The Morgan fingerprint density at radius 2 is 1.55 bits per heavy atom. The fraction of sp³-hybridized carbons (Fsp3) is 0.387. The fourth-order valence-corrected chi connectivity index (χ4v) is 4.72. The summed E-state index contributed by atoms with van der Waals surface area (Å²) in [6, 6.07) is 8.71. The highest BCUT2D eigenvalue weighted by Gasteiger charge is 2.33. The third-order valence-corrected chi connectivity index (χ3v) is 7.55. The minimum Gasteiger partial charge on any atom is -0.508 e. The number of aromatic amines is 1. The highest BCUT2D eigenvalue weighted by Crippen LogP contribution is 2.20. The number of H-pyrrole nitrogens is 1. The van der Waals surface area contributed by atoms with E-state index in [1.54, 1.807) is 25.3 Å². The highest BCUT2D eigenvalue weighted by molar-refractivity contribution is 5.94. The maximum Gasteiger partial charge on any atom is 0.326 e. The minimum atomic E-state index is -1.28. The lowest BCUT2D eigenvalue weighted by Gasteiger charge is -2.28. The molecular weight excluding hydrogens is 568 g/mol. The van der Waals surface area contributed by atoms with Crippen LogP contribution in [0.2, 0.25) is 0 Å². The van der Waals surface area contributed by atoms with Gasteiger partial charge in [-0.1, -0.05) is 50.6 Å². The Hall–Kier alpha value is -4.91. The van der Waals surface area contributed by atoms with Crippen LogP contribution < -0.4 is 27.4 Å². The van der Waals surface area contributed by atoms with Crippen molar-refractivity contribution in [2.75, 3.05) is 0 Å². The van der Waals surface area contributed by atoms with E-state index < -0.39 is 59.7 Å². The number of nitrogens with two attached hydrogens (primary N) is 2. The first kappa shape index (κ1) is 33.6. The maximum absolute atomic E-state index is 13.6. The predicted octanol–water partition coefficient (Wildman–Crippen LogP) is 0.837. The van der Waals surface area contributed by atoms with Crippen molar-refractivity contribution < 1.29 is 34.2 Å². The first-order valence-electron chi connectivity index (χ1n) is 14.4. The normalized spacial score (nSPS) is 14.5. The highest BCUT2D eigenvalue weighted by atomic mass is 16.4. The number of carbonyl (C=O) groups is 5. The summed E-state index contributed by atoms with van der Waals surface area (Å²) in [4.78, 5) is 66.4. The zero-order valence-corrected chi connectivity index (χ0v) is 24.7. The molecule has 44 heavy (non-hydrogen) atoms. The van der Waals surface area contributed by atoms with E-state index in [9.17, 15) is 34.2 Å². The molecule has 1 aromatic heterocycles. The van der Waals surface area contributed by atoms with Crippen LogP contribution in [0.5, 0.6) is 5.75 Å². The summed E-state index contributed by atoms with van der Waals surface area (Å²) in [7, 11) is 0. The van der Waals surface area contributed by atoms with E-state index >= 15 is 0 Å². The summed E-state index contributed by atoms with van der Waals surface area (Å²) in [6.45, 7) is 3.57. The van der Waals surface area contributed by atoms with Crippen LogP contribution in [-0.2, 0) is 36.8 Å². The second-order valence-corrected chi connectivity index (χ2v) is 10.9. The van der Waals surface area contributed by atoms with Gasteiger partial charge in [0.05, 0.1) is 6.04 Å². The molecule has 0 bridgehead atoms. The van der Waals surface area contributed by atoms with Crippen molar-refractivity contribution in [3.63, 3.8) is 0 Å². The van der Waals surface area contributed by atoms with Crippen LogP contribution in [0.15, 0.2) is 54.7 Å². The van der Waals surface area contributed by atoms with Gasteiger partial charge in [-0.25, -0.2) is 4.79 Å². The number of amides is 4. The largest absolute Gasteiger partial charge is 0.508 e. The topological polar surface area (TPSA) is 230 Å². The Balaban J connectivity index is 1.79. The molecule has 0 radical (unpaired) electrons. The Kier molecular flexibility index (Phi) is 11.9. The van der Waals surface area contributed by atoms with Crippen LogP contribution in [-0.4, -0.2) is 69.0 Å². The van der Waals surface area contributed by atoms with E-state index in [0.29, 0.717) is 17.5 Å². The van der Waals surface area contributed by atoms with Crippen molar-refractivity contribution in [2.24, 2.45) is 17.4 Å². The number of fused-ring (bicyclic) bond motifs is 1. The molecule has 5 unspecified atom stereocenters. The molecule has 3 aromatic rings. The van der Waals surface area contributed by atoms with E-state index in [2.05, 4.69) is 20.9 Å². The van der Waals surface area contributed by atoms with Gasteiger partial charge in [0, 0.05) is 36.4 Å². The summed E-state index contributed by atoms with van der Waals surface area (Å²) in [5.74, 6) is -4.32. The molecule has 13 heteroatoms. The third kappa shape index (κ3) is 9.30. The summed E-state index contributed by atoms with van der Waals surface area (Å²) < 4.78 is 0. The molecule has 0 spiro atoms. The molecule has 3 rings (SSSR count). The molecule has 10 N–H and O–H groups in total. The number of aromatic hydroxyl groups is 1. The Bertz CT molecular complexity index is 1470. The summed E-state index contributed by atoms with van der Waals surface area (Å²) in [6.07, 6.45) is 2.03. The second-order valence-electron chi connectivity index (χ2n) is 10.9. The van der Waals surface area contributed by atoms with Crippen LogP contribution in [0.3, 0.4) is 0 Å². The number of phenolic OH excluding ortho intramolecular Hbond substituents is 1. The lowest BCUT2D eigenvalue weighted by molar-refractivity contribution is -0.142. The Morgan fingerprint density at radius 1 is 0.886 bits per heavy atom. The van der Waals surface area contributed by atoms with Gasteiger partial charge in [0.25, 0.3) is 0 Å². The first-order valence-corrected chi connectivity index (χ1v) is 14.4. The molecule has 236 valence electrons. The molecule has 0 aliphatic carbocycles. The molecule has 1 heterocycles. The van der Waals surface area contributed by atoms with Crippen LogP contribution >= 0.6 is 0 Å². The SMILES string of the molecule is CCC(C)C(NC(=O)C(Cc1ccc(O)cc1)NC(=O)C(N)CCC(N)=O)C(=O)NC(Cc1c[nH]c2ccccc12)C(=O)O. The number of carboxylic acid groups (broad SMARTS) is 1. The first-order chi connectivity index (χ1) is 20.9. The van der Waals surface area contributed by atoms with Gasteiger partial charge in [-0.15, -0.1) is 0 Å². The van der Waals surface area contributed by atoms with Crippen molar-refractivity contribution in [3.8, 4) is 5.75 Å². The molecule has 2 aromatic carbocycles. The van der Waals surface area contributed by atoms with E-state index in [4.69, 9.17) is 11.5 Å². The maximum atomic E-state index is 13.6. The number of phenols is 1. The fourth-order valence-electron chi connectivity index (χ4n) is 4.72. The summed E-state index contributed by atoms with van der Waals surface area (Å²) in [5, 5.41) is 28.3. The number of nitrogens with one attached hydrogen (secondary N) is 4. The van der Waals surface area contributed by atoms with Gasteiger partial charge in [-0.3, -0.25) is 19.2 Å². The molecule has 0 fully saturated rings. The van der Waals surface area contributed by atoms with Gasteiger partial charge in [0.15, 0.2) is 0 Å².